The average molecular weight is 313 g/mol. The van der Waals surface area contributed by atoms with Crippen molar-refractivity contribution in [1.29, 1.82) is 0 Å². The number of rotatable bonds is 2. The number of carbonyl (C=O) groups excluding carboxylic acids is 1. The van der Waals surface area contributed by atoms with Gasteiger partial charge in [-0.1, -0.05) is 24.3 Å². The summed E-state index contributed by atoms with van der Waals surface area (Å²) in [5.41, 5.74) is 2.86. The number of nitrogens with zero attached hydrogens (tertiary/aromatic N) is 2. The Morgan fingerprint density at radius 1 is 1.26 bits per heavy atom. The second-order valence-corrected chi connectivity index (χ2v) is 7.50. The summed E-state index contributed by atoms with van der Waals surface area (Å²) in [6, 6.07) is 9.20. The van der Waals surface area contributed by atoms with Crippen LogP contribution in [0, 0.1) is 5.92 Å². The highest BCUT2D eigenvalue weighted by atomic mass is 16.2. The number of urea groups is 1. The minimum Gasteiger partial charge on any atom is -0.337 e. The Labute approximate surface area is 138 Å². The SMILES string of the molecule is CN1CC[C@@H]2[C@H](CCCN2C(=O)NC[C@@H]2Cc3ccccc32)C1. The summed E-state index contributed by atoms with van der Waals surface area (Å²) in [7, 11) is 2.20. The molecule has 0 bridgehead atoms. The summed E-state index contributed by atoms with van der Waals surface area (Å²) in [5.74, 6) is 1.17. The van der Waals surface area contributed by atoms with Crippen LogP contribution in [0.3, 0.4) is 0 Å². The maximum absolute atomic E-state index is 12.7. The zero-order valence-corrected chi connectivity index (χ0v) is 14.0. The molecule has 4 heteroatoms. The Balaban J connectivity index is 1.34. The molecule has 3 atom stereocenters. The molecule has 2 fully saturated rings. The quantitative estimate of drug-likeness (QED) is 0.910. The fourth-order valence-electron chi connectivity index (χ4n) is 4.69. The molecule has 4 rings (SSSR count). The molecule has 1 aromatic carbocycles. The van der Waals surface area contributed by atoms with E-state index < -0.39 is 0 Å². The molecule has 0 unspecified atom stereocenters. The predicted octanol–water partition coefficient (Wildman–Crippen LogP) is 2.45. The van der Waals surface area contributed by atoms with E-state index in [4.69, 9.17) is 0 Å². The molecular weight excluding hydrogens is 286 g/mol. The topological polar surface area (TPSA) is 35.6 Å². The van der Waals surface area contributed by atoms with Gasteiger partial charge in [-0.2, -0.15) is 0 Å². The lowest BCUT2D eigenvalue weighted by atomic mass is 9.77. The number of benzene rings is 1. The van der Waals surface area contributed by atoms with Crippen molar-refractivity contribution in [2.45, 2.75) is 37.6 Å². The zero-order valence-electron chi connectivity index (χ0n) is 14.0. The number of nitrogens with one attached hydrogen (secondary N) is 1. The Kier molecular flexibility index (Phi) is 4.02. The Morgan fingerprint density at radius 3 is 3.00 bits per heavy atom. The van der Waals surface area contributed by atoms with E-state index >= 15 is 0 Å². The summed E-state index contributed by atoms with van der Waals surface area (Å²) >= 11 is 0. The molecule has 0 aromatic heterocycles. The van der Waals surface area contributed by atoms with Crippen molar-refractivity contribution in [1.82, 2.24) is 15.1 Å². The molecule has 4 nitrogen and oxygen atoms in total. The lowest BCUT2D eigenvalue weighted by Gasteiger charge is -2.46. The van der Waals surface area contributed by atoms with Gasteiger partial charge < -0.3 is 15.1 Å². The van der Waals surface area contributed by atoms with Gasteiger partial charge in [0, 0.05) is 31.6 Å². The highest BCUT2D eigenvalue weighted by molar-refractivity contribution is 5.75. The van der Waals surface area contributed by atoms with Crippen molar-refractivity contribution in [3.63, 3.8) is 0 Å². The number of piperidine rings is 2. The van der Waals surface area contributed by atoms with Crippen LogP contribution < -0.4 is 5.32 Å². The van der Waals surface area contributed by atoms with Crippen molar-refractivity contribution in [3.8, 4) is 0 Å². The molecule has 124 valence electrons. The van der Waals surface area contributed by atoms with Crippen LogP contribution in [-0.4, -0.2) is 55.1 Å². The second kappa shape index (κ2) is 6.16. The Hall–Kier alpha value is -1.55. The number of carbonyl (C=O) groups is 1. The monoisotopic (exact) mass is 313 g/mol. The van der Waals surface area contributed by atoms with Crippen LogP contribution in [0.4, 0.5) is 4.79 Å². The van der Waals surface area contributed by atoms with E-state index in [0.29, 0.717) is 17.9 Å². The summed E-state index contributed by atoms with van der Waals surface area (Å²) in [6.45, 7) is 3.97. The van der Waals surface area contributed by atoms with Gasteiger partial charge in [0.25, 0.3) is 0 Å². The summed E-state index contributed by atoms with van der Waals surface area (Å²) < 4.78 is 0. The molecule has 2 amide bonds. The zero-order chi connectivity index (χ0) is 15.8. The smallest absolute Gasteiger partial charge is 0.317 e. The van der Waals surface area contributed by atoms with Crippen LogP contribution in [0.1, 0.15) is 36.3 Å². The van der Waals surface area contributed by atoms with Gasteiger partial charge in [0.2, 0.25) is 0 Å². The predicted molar refractivity (Wildman–Crippen MR) is 91.6 cm³/mol. The first-order valence-electron chi connectivity index (χ1n) is 9.03. The lowest BCUT2D eigenvalue weighted by Crippen LogP contribution is -2.57. The fourth-order valence-corrected chi connectivity index (χ4v) is 4.69. The highest BCUT2D eigenvalue weighted by Crippen LogP contribution is 2.34. The standard InChI is InChI=1S/C19H27N3O/c1-21-10-8-18-15(13-21)6-4-9-22(18)19(23)20-12-16-11-14-5-2-3-7-17(14)16/h2-3,5,7,15-16,18H,4,6,8-13H2,1H3,(H,20,23)/t15-,16+,18-/m1/s1. The largest absolute Gasteiger partial charge is 0.337 e. The minimum absolute atomic E-state index is 0.161. The molecule has 23 heavy (non-hydrogen) atoms. The van der Waals surface area contributed by atoms with Gasteiger partial charge in [-0.15, -0.1) is 0 Å². The molecule has 3 aliphatic rings. The molecule has 0 radical (unpaired) electrons. The van der Waals surface area contributed by atoms with Gasteiger partial charge in [0.05, 0.1) is 0 Å². The Bertz CT molecular complexity index is 588. The molecule has 2 saturated heterocycles. The van der Waals surface area contributed by atoms with E-state index in [1.54, 1.807) is 0 Å². The maximum atomic E-state index is 12.7. The number of amides is 2. The molecule has 0 spiro atoms. The molecule has 1 aromatic rings. The normalized spacial score (nSPS) is 30.1. The van der Waals surface area contributed by atoms with Crippen LogP contribution in [0.15, 0.2) is 24.3 Å². The summed E-state index contributed by atoms with van der Waals surface area (Å²) in [4.78, 5) is 17.2. The van der Waals surface area contributed by atoms with Crippen molar-refractivity contribution < 1.29 is 4.79 Å². The number of hydrogen-bond acceptors (Lipinski definition) is 2. The highest BCUT2D eigenvalue weighted by Gasteiger charge is 2.37. The molecule has 1 N–H and O–H groups in total. The third-order valence-corrected chi connectivity index (χ3v) is 5.99. The van der Waals surface area contributed by atoms with E-state index in [2.05, 4.69) is 46.4 Å². The summed E-state index contributed by atoms with van der Waals surface area (Å²) in [5, 5.41) is 3.21. The van der Waals surface area contributed by atoms with E-state index in [-0.39, 0.29) is 6.03 Å². The summed E-state index contributed by atoms with van der Waals surface area (Å²) in [6.07, 6.45) is 4.65. The van der Waals surface area contributed by atoms with Crippen LogP contribution in [0.25, 0.3) is 0 Å². The van der Waals surface area contributed by atoms with Crippen molar-refractivity contribution >= 4 is 6.03 Å². The third-order valence-electron chi connectivity index (χ3n) is 5.99. The van der Waals surface area contributed by atoms with Crippen LogP contribution in [0.5, 0.6) is 0 Å². The van der Waals surface area contributed by atoms with Gasteiger partial charge in [0.15, 0.2) is 0 Å². The molecule has 1 aliphatic carbocycles. The number of fused-ring (bicyclic) bond motifs is 2. The maximum Gasteiger partial charge on any atom is 0.317 e. The third kappa shape index (κ3) is 2.85. The average Bonchev–Trinajstić information content (AvgIpc) is 2.54. The van der Waals surface area contributed by atoms with E-state index in [0.717, 1.165) is 45.4 Å². The second-order valence-electron chi connectivity index (χ2n) is 7.50. The van der Waals surface area contributed by atoms with Gasteiger partial charge in [-0.05, 0) is 56.3 Å². The number of likely N-dealkylation sites (tertiary alicyclic amines) is 2. The molecule has 2 heterocycles. The molecule has 0 saturated carbocycles. The molecule has 2 aliphatic heterocycles. The van der Waals surface area contributed by atoms with Gasteiger partial charge in [-0.25, -0.2) is 4.79 Å². The van der Waals surface area contributed by atoms with E-state index in [9.17, 15) is 4.79 Å². The van der Waals surface area contributed by atoms with Gasteiger partial charge in [0.1, 0.15) is 0 Å². The van der Waals surface area contributed by atoms with Gasteiger partial charge in [-0.3, -0.25) is 0 Å². The van der Waals surface area contributed by atoms with Crippen LogP contribution in [0.2, 0.25) is 0 Å². The number of hydrogen-bond donors (Lipinski definition) is 1. The molecular formula is C19H27N3O. The first kappa shape index (κ1) is 15.0. The fraction of sp³-hybridized carbons (Fsp3) is 0.632. The lowest BCUT2D eigenvalue weighted by molar-refractivity contribution is 0.0532. The van der Waals surface area contributed by atoms with Crippen LogP contribution in [-0.2, 0) is 6.42 Å². The van der Waals surface area contributed by atoms with Gasteiger partial charge >= 0.3 is 6.03 Å². The minimum atomic E-state index is 0.161. The first-order valence-corrected chi connectivity index (χ1v) is 9.03. The first-order chi connectivity index (χ1) is 11.2. The van der Waals surface area contributed by atoms with Crippen LogP contribution >= 0.6 is 0 Å². The van der Waals surface area contributed by atoms with E-state index in [1.807, 2.05) is 0 Å². The van der Waals surface area contributed by atoms with Crippen molar-refractivity contribution in [2.75, 3.05) is 33.2 Å². The van der Waals surface area contributed by atoms with Crippen molar-refractivity contribution in [3.05, 3.63) is 35.4 Å². The van der Waals surface area contributed by atoms with Crippen molar-refractivity contribution in [2.24, 2.45) is 5.92 Å². The Morgan fingerprint density at radius 2 is 2.13 bits per heavy atom. The van der Waals surface area contributed by atoms with E-state index in [1.165, 1.54) is 17.5 Å².